The van der Waals surface area contributed by atoms with Gasteiger partial charge in [0.15, 0.2) is 0 Å². The van der Waals surface area contributed by atoms with E-state index < -0.39 is 23.8 Å². The molecule has 2 N–H and O–H groups in total. The highest BCUT2D eigenvalue weighted by molar-refractivity contribution is 4.87. The molecule has 0 atom stereocenters. The highest BCUT2D eigenvalue weighted by Gasteiger charge is 2.39. The van der Waals surface area contributed by atoms with E-state index in [1.165, 1.54) is 6.20 Å². The first-order valence-corrected chi connectivity index (χ1v) is 4.39. The molecule has 0 unspecified atom stereocenters. The zero-order chi connectivity index (χ0) is 10.9. The first-order valence-electron chi connectivity index (χ1n) is 4.39. The van der Waals surface area contributed by atoms with Crippen molar-refractivity contribution in [1.82, 2.24) is 9.55 Å². The number of H-pyrrole nitrogens is 1. The second-order valence-corrected chi connectivity index (χ2v) is 3.05. The molecule has 0 spiro atoms. The Kier molecular flexibility index (Phi) is 2.43. The van der Waals surface area contributed by atoms with Gasteiger partial charge in [-0.05, 0) is 0 Å². The number of nitrogens with zero attached hydrogens (tertiary/aromatic N) is 1. The Hall–Kier alpha value is -1.44. The van der Waals surface area contributed by atoms with Crippen molar-refractivity contribution in [2.45, 2.75) is 5.91 Å². The molecule has 82 valence electrons. The quantitative estimate of drug-likeness (QED) is 0.605. The van der Waals surface area contributed by atoms with Crippen LogP contribution in [0.25, 0.3) is 0 Å². The van der Waals surface area contributed by atoms with E-state index in [4.69, 9.17) is 14.6 Å². The number of rotatable bonds is 2. The van der Waals surface area contributed by atoms with Crippen LogP contribution in [0.3, 0.4) is 0 Å². The topological polar surface area (TPSA) is 93.6 Å². The van der Waals surface area contributed by atoms with E-state index in [1.54, 1.807) is 0 Å². The van der Waals surface area contributed by atoms with Crippen molar-refractivity contribution in [3.05, 3.63) is 33.1 Å². The molecule has 7 nitrogen and oxygen atoms in total. The number of nitrogens with one attached hydrogen (secondary N) is 1. The van der Waals surface area contributed by atoms with Crippen molar-refractivity contribution < 1.29 is 14.6 Å². The van der Waals surface area contributed by atoms with Crippen LogP contribution >= 0.6 is 0 Å². The number of ether oxygens (including phenoxy) is 2. The minimum absolute atomic E-state index is 0.284. The van der Waals surface area contributed by atoms with Gasteiger partial charge in [0.1, 0.15) is 6.61 Å². The average molecular weight is 214 g/mol. The molecule has 2 heterocycles. The summed E-state index contributed by atoms with van der Waals surface area (Å²) in [5, 5.41) is 9.16. The summed E-state index contributed by atoms with van der Waals surface area (Å²) < 4.78 is 11.3. The van der Waals surface area contributed by atoms with Gasteiger partial charge in [-0.2, -0.15) is 0 Å². The summed E-state index contributed by atoms with van der Waals surface area (Å²) in [5.74, 6) is -1.50. The van der Waals surface area contributed by atoms with Gasteiger partial charge in [0.25, 0.3) is 11.5 Å². The summed E-state index contributed by atoms with van der Waals surface area (Å²) in [5.41, 5.74) is -1.19. The first kappa shape index (κ1) is 10.1. The maximum Gasteiger partial charge on any atom is 0.332 e. The number of aliphatic hydroxyl groups is 1. The highest BCUT2D eigenvalue weighted by Crippen LogP contribution is 2.22. The Labute approximate surface area is 83.9 Å². The van der Waals surface area contributed by atoms with E-state index in [0.717, 1.165) is 10.6 Å². The van der Waals surface area contributed by atoms with Gasteiger partial charge in [0.05, 0.1) is 13.2 Å². The Morgan fingerprint density at radius 1 is 1.47 bits per heavy atom. The van der Waals surface area contributed by atoms with Crippen LogP contribution in [0.4, 0.5) is 0 Å². The van der Waals surface area contributed by atoms with E-state index in [1.807, 2.05) is 0 Å². The molecule has 1 aliphatic rings. The zero-order valence-corrected chi connectivity index (χ0v) is 7.80. The average Bonchev–Trinajstić information content (AvgIpc) is 2.67. The van der Waals surface area contributed by atoms with Crippen LogP contribution in [0.1, 0.15) is 0 Å². The second kappa shape index (κ2) is 3.61. The monoisotopic (exact) mass is 214 g/mol. The lowest BCUT2D eigenvalue weighted by molar-refractivity contribution is -0.247. The number of aliphatic hydroxyl groups excluding tert-OH is 1. The van der Waals surface area contributed by atoms with Crippen molar-refractivity contribution in [3.63, 3.8) is 0 Å². The van der Waals surface area contributed by atoms with Gasteiger partial charge in [0, 0.05) is 12.3 Å². The lowest BCUT2D eigenvalue weighted by atomic mass is 10.4. The third kappa shape index (κ3) is 1.60. The minimum atomic E-state index is -1.50. The number of aromatic amines is 1. The molecule has 0 saturated carbocycles. The van der Waals surface area contributed by atoms with Gasteiger partial charge in [-0.1, -0.05) is 0 Å². The van der Waals surface area contributed by atoms with Crippen LogP contribution in [-0.2, 0) is 15.4 Å². The molecule has 0 radical (unpaired) electrons. The van der Waals surface area contributed by atoms with Crippen LogP contribution in [-0.4, -0.2) is 34.5 Å². The Morgan fingerprint density at radius 3 is 2.67 bits per heavy atom. The molecular formula is C8H10N2O5. The highest BCUT2D eigenvalue weighted by atomic mass is 16.8. The van der Waals surface area contributed by atoms with Gasteiger partial charge in [-0.3, -0.25) is 9.78 Å². The number of hydrogen-bond acceptors (Lipinski definition) is 5. The lowest BCUT2D eigenvalue weighted by Gasteiger charge is -2.26. The molecule has 2 rings (SSSR count). The second-order valence-electron chi connectivity index (χ2n) is 3.05. The molecule has 0 bridgehead atoms. The molecule has 1 aliphatic heterocycles. The first-order chi connectivity index (χ1) is 7.18. The van der Waals surface area contributed by atoms with Crippen LogP contribution < -0.4 is 11.2 Å². The standard InChI is InChI=1S/C8H10N2O5/c11-5-8(14-3-4-15-8)10-2-1-6(12)9-7(10)13/h1-2,11H,3-5H2,(H,9,12,13). The molecule has 7 heteroatoms. The fraction of sp³-hybridized carbons (Fsp3) is 0.500. The molecule has 0 amide bonds. The van der Waals surface area contributed by atoms with E-state index in [9.17, 15) is 9.59 Å². The fourth-order valence-electron chi connectivity index (χ4n) is 1.44. The van der Waals surface area contributed by atoms with Gasteiger partial charge in [0.2, 0.25) is 0 Å². The summed E-state index contributed by atoms with van der Waals surface area (Å²) in [7, 11) is 0. The summed E-state index contributed by atoms with van der Waals surface area (Å²) in [6, 6.07) is 1.16. The predicted octanol–water partition coefficient (Wildman–Crippen LogP) is -1.81. The van der Waals surface area contributed by atoms with Crippen LogP contribution in [0.5, 0.6) is 0 Å². The Bertz CT molecular complexity index is 457. The third-order valence-electron chi connectivity index (χ3n) is 2.13. The van der Waals surface area contributed by atoms with E-state index in [-0.39, 0.29) is 13.2 Å². The minimum Gasteiger partial charge on any atom is -0.389 e. The van der Waals surface area contributed by atoms with E-state index >= 15 is 0 Å². The molecule has 15 heavy (non-hydrogen) atoms. The van der Waals surface area contributed by atoms with Crippen LogP contribution in [0, 0.1) is 0 Å². The van der Waals surface area contributed by atoms with Crippen LogP contribution in [0.15, 0.2) is 21.9 Å². The van der Waals surface area contributed by atoms with Crippen LogP contribution in [0.2, 0.25) is 0 Å². The maximum absolute atomic E-state index is 11.4. The molecule has 1 aromatic heterocycles. The summed E-state index contributed by atoms with van der Waals surface area (Å²) in [6.45, 7) is 0.0667. The van der Waals surface area contributed by atoms with Gasteiger partial charge < -0.3 is 14.6 Å². The van der Waals surface area contributed by atoms with E-state index in [2.05, 4.69) is 4.98 Å². The lowest BCUT2D eigenvalue weighted by Crippen LogP contribution is -2.47. The third-order valence-corrected chi connectivity index (χ3v) is 2.13. The predicted molar refractivity (Wildman–Crippen MR) is 48.3 cm³/mol. The molecule has 1 saturated heterocycles. The zero-order valence-electron chi connectivity index (χ0n) is 7.80. The molecular weight excluding hydrogens is 204 g/mol. The summed E-state index contributed by atoms with van der Waals surface area (Å²) in [6.07, 6.45) is 1.22. The van der Waals surface area contributed by atoms with Crippen molar-refractivity contribution in [1.29, 1.82) is 0 Å². The normalized spacial score (nSPS) is 19.3. The largest absolute Gasteiger partial charge is 0.389 e. The van der Waals surface area contributed by atoms with Crippen molar-refractivity contribution in [2.24, 2.45) is 0 Å². The van der Waals surface area contributed by atoms with Crippen molar-refractivity contribution in [2.75, 3.05) is 19.8 Å². The maximum atomic E-state index is 11.4. The van der Waals surface area contributed by atoms with Gasteiger partial charge in [-0.25, -0.2) is 9.36 Å². The number of hydrogen-bond donors (Lipinski definition) is 2. The molecule has 1 aromatic rings. The SMILES string of the molecule is O=c1ccn(C2(CO)OCCO2)c(=O)[nH]1. The van der Waals surface area contributed by atoms with Crippen molar-refractivity contribution >= 4 is 0 Å². The van der Waals surface area contributed by atoms with Gasteiger partial charge in [-0.15, -0.1) is 0 Å². The van der Waals surface area contributed by atoms with Crippen molar-refractivity contribution in [3.8, 4) is 0 Å². The fourth-order valence-corrected chi connectivity index (χ4v) is 1.44. The summed E-state index contributed by atoms with van der Waals surface area (Å²) in [4.78, 5) is 24.3. The summed E-state index contributed by atoms with van der Waals surface area (Å²) >= 11 is 0. The Morgan fingerprint density at radius 2 is 2.13 bits per heavy atom. The number of aromatic nitrogens is 2. The Balaban J connectivity index is 2.52. The van der Waals surface area contributed by atoms with E-state index in [0.29, 0.717) is 0 Å². The molecule has 1 fully saturated rings. The van der Waals surface area contributed by atoms with Gasteiger partial charge >= 0.3 is 5.69 Å². The molecule has 0 aliphatic carbocycles. The molecule has 0 aromatic carbocycles. The smallest absolute Gasteiger partial charge is 0.332 e.